The summed E-state index contributed by atoms with van der Waals surface area (Å²) in [6.07, 6.45) is 1.03. The van der Waals surface area contributed by atoms with Crippen molar-refractivity contribution in [1.82, 2.24) is 24.1 Å². The number of pyridine rings is 2. The summed E-state index contributed by atoms with van der Waals surface area (Å²) in [6.45, 7) is 1.48. The Hall–Kier alpha value is -4.15. The molecule has 9 nitrogen and oxygen atoms in total. The van der Waals surface area contributed by atoms with E-state index in [-0.39, 0.29) is 35.5 Å². The van der Waals surface area contributed by atoms with Gasteiger partial charge in [0.25, 0.3) is 0 Å². The van der Waals surface area contributed by atoms with E-state index < -0.39 is 11.5 Å². The number of halogens is 2. The molecule has 0 bridgehead atoms. The molecule has 35 heavy (non-hydrogen) atoms. The molecule has 0 amide bonds. The molecule has 0 spiro atoms. The van der Waals surface area contributed by atoms with Gasteiger partial charge in [0, 0.05) is 11.3 Å². The number of H-pyrrole nitrogens is 1. The lowest BCUT2D eigenvalue weighted by Gasteiger charge is -2.10. The van der Waals surface area contributed by atoms with Crippen LogP contribution in [0.2, 0.25) is 5.02 Å². The van der Waals surface area contributed by atoms with Crippen molar-refractivity contribution in [3.05, 3.63) is 93.1 Å². The van der Waals surface area contributed by atoms with E-state index in [4.69, 9.17) is 17.3 Å². The van der Waals surface area contributed by atoms with Gasteiger partial charge in [-0.25, -0.2) is 14.2 Å². The lowest BCUT2D eigenvalue weighted by atomic mass is 9.99. The van der Waals surface area contributed by atoms with Gasteiger partial charge in [0.15, 0.2) is 0 Å². The highest BCUT2D eigenvalue weighted by Gasteiger charge is 2.26. The van der Waals surface area contributed by atoms with Gasteiger partial charge in [0.1, 0.15) is 11.5 Å². The first-order valence-electron chi connectivity index (χ1n) is 10.6. The van der Waals surface area contributed by atoms with Gasteiger partial charge in [-0.15, -0.1) is 9.50 Å². The van der Waals surface area contributed by atoms with E-state index in [2.05, 4.69) is 20.1 Å². The van der Waals surface area contributed by atoms with Crippen LogP contribution in [0, 0.1) is 12.7 Å². The van der Waals surface area contributed by atoms with Crippen molar-refractivity contribution >= 4 is 23.2 Å². The second kappa shape index (κ2) is 8.90. The van der Waals surface area contributed by atoms with Gasteiger partial charge >= 0.3 is 11.6 Å². The van der Waals surface area contributed by atoms with Crippen molar-refractivity contribution in [3.8, 4) is 22.4 Å². The van der Waals surface area contributed by atoms with Crippen LogP contribution >= 0.6 is 11.6 Å². The van der Waals surface area contributed by atoms with Crippen molar-refractivity contribution in [2.75, 3.05) is 5.73 Å². The minimum Gasteiger partial charge on any atom is -0.390 e. The van der Waals surface area contributed by atoms with Crippen LogP contribution in [0.1, 0.15) is 17.1 Å². The van der Waals surface area contributed by atoms with Crippen molar-refractivity contribution < 1.29 is 14.5 Å². The van der Waals surface area contributed by atoms with Crippen LogP contribution in [0.25, 0.3) is 28.0 Å². The number of nitrogens with one attached hydrogen (secondary N) is 1. The molecule has 4 heterocycles. The first-order chi connectivity index (χ1) is 16.9. The first kappa shape index (κ1) is 22.6. The second-order valence-electron chi connectivity index (χ2n) is 7.95. The number of nitrogen functional groups attached to an aromatic ring is 1. The summed E-state index contributed by atoms with van der Waals surface area (Å²) in [6, 6.07) is 14.2. The fourth-order valence-corrected chi connectivity index (χ4v) is 4.22. The smallest absolute Gasteiger partial charge is 0.390 e. The maximum atomic E-state index is 13.4. The molecule has 4 N–H and O–H groups in total. The first-order valence-corrected chi connectivity index (χ1v) is 11.0. The van der Waals surface area contributed by atoms with Crippen LogP contribution in [-0.4, -0.2) is 29.3 Å². The normalized spacial score (nSPS) is 11.3. The third-order valence-electron chi connectivity index (χ3n) is 5.51. The highest BCUT2D eigenvalue weighted by Crippen LogP contribution is 2.33. The van der Waals surface area contributed by atoms with Crippen LogP contribution in [-0.2, 0) is 13.2 Å². The maximum absolute atomic E-state index is 13.4. The molecule has 176 valence electrons. The average Bonchev–Trinajstić information content (AvgIpc) is 3.17. The van der Waals surface area contributed by atoms with Gasteiger partial charge < -0.3 is 5.11 Å². The summed E-state index contributed by atoms with van der Waals surface area (Å²) in [4.78, 5) is 24.8. The highest BCUT2D eigenvalue weighted by atomic mass is 35.5. The predicted molar refractivity (Wildman–Crippen MR) is 128 cm³/mol. The van der Waals surface area contributed by atoms with Gasteiger partial charge in [-0.2, -0.15) is 4.68 Å². The van der Waals surface area contributed by atoms with Crippen LogP contribution in [0.4, 0.5) is 10.3 Å². The topological polar surface area (TPSA) is 125 Å². The van der Waals surface area contributed by atoms with Crippen molar-refractivity contribution in [2.24, 2.45) is 0 Å². The summed E-state index contributed by atoms with van der Waals surface area (Å²) in [5.74, 6) is -0.507. The minimum atomic E-state index is -0.581. The molecule has 1 aromatic carbocycles. The Morgan fingerprint density at radius 3 is 2.66 bits per heavy atom. The number of hydrogen-bond donors (Lipinski definition) is 2. The fraction of sp³-hybridized carbons (Fsp3) is 0.125. The highest BCUT2D eigenvalue weighted by molar-refractivity contribution is 6.31. The SMILES string of the molecule is Cc1cc(-c2c(-c3ccccc3)[nH+]c(N)n3c(=O)n(Cc4ncc(F)cc4Cl)nc23)cc(CO)n1. The van der Waals surface area contributed by atoms with E-state index in [0.29, 0.717) is 28.2 Å². The molecule has 0 saturated heterocycles. The van der Waals surface area contributed by atoms with Gasteiger partial charge in [-0.3, -0.25) is 15.7 Å². The number of rotatable bonds is 5. The van der Waals surface area contributed by atoms with Crippen LogP contribution in [0.5, 0.6) is 0 Å². The lowest BCUT2D eigenvalue weighted by molar-refractivity contribution is -0.351. The number of fused-ring (bicyclic) bond motifs is 1. The van der Waals surface area contributed by atoms with Crippen LogP contribution in [0.3, 0.4) is 0 Å². The van der Waals surface area contributed by atoms with Crippen LogP contribution < -0.4 is 16.4 Å². The average molecular weight is 493 g/mol. The zero-order valence-electron chi connectivity index (χ0n) is 18.5. The number of nitrogens with two attached hydrogens (primary N) is 1. The Labute approximate surface area is 203 Å². The molecule has 0 radical (unpaired) electrons. The molecule has 0 fully saturated rings. The maximum Gasteiger partial charge on any atom is 0.411 e. The third kappa shape index (κ3) is 4.13. The second-order valence-corrected chi connectivity index (χ2v) is 8.36. The molecular formula is C24H20ClFN7O2+. The van der Waals surface area contributed by atoms with E-state index in [1.807, 2.05) is 43.3 Å². The molecule has 0 atom stereocenters. The Morgan fingerprint density at radius 1 is 1.17 bits per heavy atom. The van der Waals surface area contributed by atoms with E-state index >= 15 is 0 Å². The number of aliphatic hydroxyl groups excluding tert-OH is 1. The van der Waals surface area contributed by atoms with Gasteiger partial charge in [-0.1, -0.05) is 41.9 Å². The molecule has 0 saturated carbocycles. The number of anilines is 1. The van der Waals surface area contributed by atoms with Gasteiger partial charge in [0.05, 0.1) is 41.3 Å². The Bertz CT molecular complexity index is 1630. The summed E-state index contributed by atoms with van der Waals surface area (Å²) in [7, 11) is 0. The number of hydrogen-bond acceptors (Lipinski definition) is 6. The molecule has 0 aliphatic heterocycles. The van der Waals surface area contributed by atoms with Crippen molar-refractivity contribution in [2.45, 2.75) is 20.1 Å². The summed E-state index contributed by atoms with van der Waals surface area (Å²) in [5.41, 5.74) is 10.3. The molecule has 4 aromatic heterocycles. The number of aromatic nitrogens is 6. The molecule has 5 rings (SSSR count). The number of nitrogens with zero attached hydrogens (tertiary/aromatic N) is 5. The summed E-state index contributed by atoms with van der Waals surface area (Å²) < 4.78 is 15.9. The quantitative estimate of drug-likeness (QED) is 0.388. The fourth-order valence-electron chi connectivity index (χ4n) is 4.01. The molecular weight excluding hydrogens is 473 g/mol. The zero-order valence-corrected chi connectivity index (χ0v) is 19.3. The predicted octanol–water partition coefficient (Wildman–Crippen LogP) is 2.66. The number of aliphatic hydroxyl groups is 1. The van der Waals surface area contributed by atoms with E-state index in [1.54, 1.807) is 6.07 Å². The van der Waals surface area contributed by atoms with E-state index in [0.717, 1.165) is 17.8 Å². The minimum absolute atomic E-state index is 0.0742. The number of benzene rings is 1. The molecule has 0 aliphatic rings. The Balaban J connectivity index is 1.81. The standard InChI is InChI=1S/C24H19ClFN7O2/c1-13-7-15(8-17(12-34)29-13)20-21(14-5-3-2-4-6-14)30-23(27)33-22(20)31-32(24(33)35)11-19-18(25)9-16(26)10-28-19/h2-10,34H,11-12H2,1H3,(H2,27,30)/p+1. The van der Waals surface area contributed by atoms with Crippen molar-refractivity contribution in [1.29, 1.82) is 0 Å². The number of aromatic amines is 1. The zero-order chi connectivity index (χ0) is 24.7. The van der Waals surface area contributed by atoms with E-state index in [1.165, 1.54) is 9.08 Å². The summed E-state index contributed by atoms with van der Waals surface area (Å²) >= 11 is 6.13. The van der Waals surface area contributed by atoms with Crippen molar-refractivity contribution in [3.63, 3.8) is 0 Å². The van der Waals surface area contributed by atoms with Gasteiger partial charge in [0.2, 0.25) is 5.65 Å². The monoisotopic (exact) mass is 492 g/mol. The number of aryl methyl sites for hydroxylation is 1. The third-order valence-corrected chi connectivity index (χ3v) is 5.84. The Kier molecular flexibility index (Phi) is 5.75. The van der Waals surface area contributed by atoms with E-state index in [9.17, 15) is 14.3 Å². The largest absolute Gasteiger partial charge is 0.411 e. The molecule has 5 aromatic rings. The molecule has 0 unspecified atom stereocenters. The molecule has 0 aliphatic carbocycles. The molecule has 11 heteroatoms. The van der Waals surface area contributed by atoms with Crippen LogP contribution in [0.15, 0.2) is 59.5 Å². The Morgan fingerprint density at radius 2 is 1.94 bits per heavy atom. The summed E-state index contributed by atoms with van der Waals surface area (Å²) in [5, 5.41) is 14.4. The lowest BCUT2D eigenvalue weighted by Crippen LogP contribution is -2.28. The van der Waals surface area contributed by atoms with Gasteiger partial charge in [-0.05, 0) is 30.7 Å².